The number of likely N-dealkylation sites (tertiary alicyclic amines) is 1. The van der Waals surface area contributed by atoms with E-state index < -0.39 is 10.0 Å². The Balaban J connectivity index is 2.02. The number of rotatable bonds is 6. The normalized spacial score (nSPS) is 19.2. The summed E-state index contributed by atoms with van der Waals surface area (Å²) < 4.78 is 25.0. The van der Waals surface area contributed by atoms with Crippen LogP contribution in [0.2, 0.25) is 0 Å². The molecule has 0 spiro atoms. The van der Waals surface area contributed by atoms with Crippen LogP contribution in [0.3, 0.4) is 0 Å². The number of sulfonamides is 1. The second-order valence-electron chi connectivity index (χ2n) is 6.06. The van der Waals surface area contributed by atoms with Gasteiger partial charge >= 0.3 is 0 Å². The van der Waals surface area contributed by atoms with Crippen LogP contribution in [-0.2, 0) is 19.6 Å². The van der Waals surface area contributed by atoms with Gasteiger partial charge in [-0.15, -0.1) is 0 Å². The van der Waals surface area contributed by atoms with E-state index in [2.05, 4.69) is 10.0 Å². The van der Waals surface area contributed by atoms with Crippen molar-refractivity contribution in [2.45, 2.75) is 26.3 Å². The average Bonchev–Trinajstić information content (AvgIpc) is 2.87. The molecular formula is C16H23N3O4S. The minimum atomic E-state index is -3.35. The molecule has 1 aromatic carbocycles. The highest BCUT2D eigenvalue weighted by molar-refractivity contribution is 7.92. The second-order valence-corrected chi connectivity index (χ2v) is 7.81. The molecule has 1 aliphatic rings. The summed E-state index contributed by atoms with van der Waals surface area (Å²) in [4.78, 5) is 25.8. The zero-order valence-electron chi connectivity index (χ0n) is 14.1. The van der Waals surface area contributed by atoms with Crippen LogP contribution in [0, 0.1) is 5.92 Å². The van der Waals surface area contributed by atoms with Crippen molar-refractivity contribution < 1.29 is 18.0 Å². The van der Waals surface area contributed by atoms with Crippen molar-refractivity contribution in [3.05, 3.63) is 29.8 Å². The highest BCUT2D eigenvalue weighted by Gasteiger charge is 2.33. The van der Waals surface area contributed by atoms with Gasteiger partial charge in [-0.25, -0.2) is 8.42 Å². The summed E-state index contributed by atoms with van der Waals surface area (Å²) in [6.45, 7) is 4.77. The number of hydrogen-bond acceptors (Lipinski definition) is 4. The number of carbonyl (C=O) groups excluding carboxylic acids is 2. The summed E-state index contributed by atoms with van der Waals surface area (Å²) in [5, 5.41) is 2.90. The zero-order chi connectivity index (χ0) is 17.9. The number of nitrogens with one attached hydrogen (secondary N) is 2. The molecule has 7 nitrogen and oxygen atoms in total. The summed E-state index contributed by atoms with van der Waals surface area (Å²) in [5.41, 5.74) is 1.23. The van der Waals surface area contributed by atoms with Crippen LogP contribution in [0.4, 0.5) is 5.69 Å². The maximum atomic E-state index is 12.3. The van der Waals surface area contributed by atoms with Gasteiger partial charge in [0.15, 0.2) is 0 Å². The maximum absolute atomic E-state index is 12.3. The fourth-order valence-electron chi connectivity index (χ4n) is 2.75. The molecule has 0 bridgehead atoms. The van der Waals surface area contributed by atoms with E-state index in [1.165, 1.54) is 0 Å². The molecule has 0 aromatic heterocycles. The minimum absolute atomic E-state index is 0.00431. The van der Waals surface area contributed by atoms with Crippen molar-refractivity contribution in [1.82, 2.24) is 10.2 Å². The second kappa shape index (κ2) is 7.21. The van der Waals surface area contributed by atoms with Gasteiger partial charge < -0.3 is 10.2 Å². The minimum Gasteiger partial charge on any atom is -0.349 e. The summed E-state index contributed by atoms with van der Waals surface area (Å²) >= 11 is 0. The predicted molar refractivity (Wildman–Crippen MR) is 91.8 cm³/mol. The van der Waals surface area contributed by atoms with E-state index in [-0.39, 0.29) is 30.2 Å². The Hall–Kier alpha value is -2.09. The van der Waals surface area contributed by atoms with Crippen molar-refractivity contribution in [3.63, 3.8) is 0 Å². The standard InChI is InChI=1S/C16H23N3O4S/c1-4-19-10-13(9-15(19)20)16(21)17-11(2)12-6-5-7-14(8-12)18-24(3,22)23/h5-8,11,13,18H,4,9-10H2,1-3H3,(H,17,21). The van der Waals surface area contributed by atoms with E-state index in [0.29, 0.717) is 18.8 Å². The van der Waals surface area contributed by atoms with Gasteiger partial charge in [0.2, 0.25) is 21.8 Å². The predicted octanol–water partition coefficient (Wildman–Crippen LogP) is 1.10. The molecule has 0 aliphatic carbocycles. The molecule has 2 unspecified atom stereocenters. The molecule has 1 heterocycles. The van der Waals surface area contributed by atoms with Gasteiger partial charge in [-0.3, -0.25) is 14.3 Å². The first-order chi connectivity index (χ1) is 11.2. The maximum Gasteiger partial charge on any atom is 0.229 e. The lowest BCUT2D eigenvalue weighted by molar-refractivity contribution is -0.129. The van der Waals surface area contributed by atoms with Crippen molar-refractivity contribution in [1.29, 1.82) is 0 Å². The van der Waals surface area contributed by atoms with E-state index in [4.69, 9.17) is 0 Å². The Kier molecular flexibility index (Phi) is 5.48. The van der Waals surface area contributed by atoms with Crippen LogP contribution in [0.15, 0.2) is 24.3 Å². The van der Waals surface area contributed by atoms with E-state index in [9.17, 15) is 18.0 Å². The molecule has 2 atom stereocenters. The Morgan fingerprint density at radius 1 is 1.42 bits per heavy atom. The number of benzene rings is 1. The van der Waals surface area contributed by atoms with E-state index in [1.807, 2.05) is 19.9 Å². The Morgan fingerprint density at radius 3 is 2.71 bits per heavy atom. The molecule has 8 heteroatoms. The van der Waals surface area contributed by atoms with E-state index in [0.717, 1.165) is 11.8 Å². The van der Waals surface area contributed by atoms with Crippen LogP contribution in [0.25, 0.3) is 0 Å². The summed E-state index contributed by atoms with van der Waals surface area (Å²) in [5.74, 6) is -0.491. The molecule has 1 aliphatic heterocycles. The van der Waals surface area contributed by atoms with Gasteiger partial charge in [0.05, 0.1) is 18.2 Å². The number of nitrogens with zero attached hydrogens (tertiary/aromatic N) is 1. The molecule has 0 radical (unpaired) electrons. The Labute approximate surface area is 142 Å². The molecule has 24 heavy (non-hydrogen) atoms. The molecule has 132 valence electrons. The molecule has 1 saturated heterocycles. The fourth-order valence-corrected chi connectivity index (χ4v) is 3.31. The van der Waals surface area contributed by atoms with Gasteiger partial charge in [0.25, 0.3) is 0 Å². The van der Waals surface area contributed by atoms with Gasteiger partial charge in [0, 0.05) is 25.2 Å². The van der Waals surface area contributed by atoms with Crippen molar-refractivity contribution >= 4 is 27.5 Å². The van der Waals surface area contributed by atoms with Gasteiger partial charge in [-0.1, -0.05) is 12.1 Å². The Bertz CT molecular complexity index is 733. The van der Waals surface area contributed by atoms with E-state index in [1.54, 1.807) is 23.1 Å². The monoisotopic (exact) mass is 353 g/mol. The lowest BCUT2D eigenvalue weighted by Gasteiger charge is -2.18. The average molecular weight is 353 g/mol. The molecule has 2 rings (SSSR count). The summed E-state index contributed by atoms with van der Waals surface area (Å²) in [6, 6.07) is 6.59. The SMILES string of the molecule is CCN1CC(C(=O)NC(C)c2cccc(NS(C)(=O)=O)c2)CC1=O. The molecule has 2 N–H and O–H groups in total. The van der Waals surface area contributed by atoms with Gasteiger partial charge in [-0.2, -0.15) is 0 Å². The van der Waals surface area contributed by atoms with Crippen LogP contribution in [-0.4, -0.2) is 44.5 Å². The van der Waals surface area contributed by atoms with Gasteiger partial charge in [-0.05, 0) is 31.5 Å². The third-order valence-electron chi connectivity index (χ3n) is 4.02. The first-order valence-electron chi connectivity index (χ1n) is 7.85. The van der Waals surface area contributed by atoms with Crippen LogP contribution < -0.4 is 10.0 Å². The quantitative estimate of drug-likeness (QED) is 0.801. The van der Waals surface area contributed by atoms with Crippen molar-refractivity contribution in [2.75, 3.05) is 24.1 Å². The van der Waals surface area contributed by atoms with E-state index >= 15 is 0 Å². The largest absolute Gasteiger partial charge is 0.349 e. The molecule has 2 amide bonds. The third kappa shape index (κ3) is 4.70. The van der Waals surface area contributed by atoms with Gasteiger partial charge in [0.1, 0.15) is 0 Å². The lowest BCUT2D eigenvalue weighted by Crippen LogP contribution is -2.34. The first-order valence-corrected chi connectivity index (χ1v) is 9.74. The number of amides is 2. The molecule has 1 aromatic rings. The third-order valence-corrected chi connectivity index (χ3v) is 4.62. The molecule has 0 saturated carbocycles. The van der Waals surface area contributed by atoms with Crippen LogP contribution >= 0.6 is 0 Å². The molecular weight excluding hydrogens is 330 g/mol. The Morgan fingerprint density at radius 2 is 2.12 bits per heavy atom. The van der Waals surface area contributed by atoms with Crippen molar-refractivity contribution in [3.8, 4) is 0 Å². The summed E-state index contributed by atoms with van der Waals surface area (Å²) in [6.07, 6.45) is 1.32. The lowest BCUT2D eigenvalue weighted by atomic mass is 10.0. The van der Waals surface area contributed by atoms with Crippen LogP contribution in [0.1, 0.15) is 31.9 Å². The fraction of sp³-hybridized carbons (Fsp3) is 0.500. The number of anilines is 1. The van der Waals surface area contributed by atoms with Crippen LogP contribution in [0.5, 0.6) is 0 Å². The first kappa shape index (κ1) is 18.3. The zero-order valence-corrected chi connectivity index (χ0v) is 14.9. The smallest absolute Gasteiger partial charge is 0.229 e. The number of carbonyl (C=O) groups is 2. The molecule has 1 fully saturated rings. The van der Waals surface area contributed by atoms with Crippen molar-refractivity contribution in [2.24, 2.45) is 5.92 Å². The highest BCUT2D eigenvalue weighted by atomic mass is 32.2. The topological polar surface area (TPSA) is 95.6 Å². The number of hydrogen-bond donors (Lipinski definition) is 2. The highest BCUT2D eigenvalue weighted by Crippen LogP contribution is 2.21. The summed E-state index contributed by atoms with van der Waals surface area (Å²) in [7, 11) is -3.35.